The Morgan fingerprint density at radius 2 is 2.25 bits per heavy atom. The maximum Gasteiger partial charge on any atom is 0.410 e. The number of ether oxygens (including phenoxy) is 1. The zero-order valence-electron chi connectivity index (χ0n) is 9.86. The molecule has 1 fully saturated rings. The van der Waals surface area contributed by atoms with E-state index in [0.29, 0.717) is 0 Å². The van der Waals surface area contributed by atoms with Crippen molar-refractivity contribution in [2.24, 2.45) is 0 Å². The van der Waals surface area contributed by atoms with Gasteiger partial charge in [-0.15, -0.1) is 0 Å². The molecular formula is C11H17FN2O2. The zero-order chi connectivity index (χ0) is 12.3. The Labute approximate surface area is 95.0 Å². The molecule has 1 saturated heterocycles. The molecular weight excluding hydrogens is 211 g/mol. The first-order chi connectivity index (χ1) is 7.33. The SMILES string of the molecule is CC(C)(C)OC(=O)N1C[C@@H](F)C[C@@H]1CC#N. The fraction of sp³-hybridized carbons (Fsp3) is 0.818. The highest BCUT2D eigenvalue weighted by Crippen LogP contribution is 2.24. The maximum atomic E-state index is 13.2. The summed E-state index contributed by atoms with van der Waals surface area (Å²) in [6, 6.07) is 1.61. The van der Waals surface area contributed by atoms with Crippen molar-refractivity contribution in [2.45, 2.75) is 51.4 Å². The lowest BCUT2D eigenvalue weighted by atomic mass is 10.1. The van der Waals surface area contributed by atoms with Crippen LogP contribution in [0.4, 0.5) is 9.18 Å². The molecule has 4 nitrogen and oxygen atoms in total. The van der Waals surface area contributed by atoms with E-state index in [9.17, 15) is 9.18 Å². The van der Waals surface area contributed by atoms with Gasteiger partial charge in [0.05, 0.1) is 25.1 Å². The number of hydrogen-bond donors (Lipinski definition) is 0. The van der Waals surface area contributed by atoms with E-state index >= 15 is 0 Å². The summed E-state index contributed by atoms with van der Waals surface area (Å²) in [5.41, 5.74) is -0.595. The Kier molecular flexibility index (Phi) is 3.74. The molecule has 0 radical (unpaired) electrons. The van der Waals surface area contributed by atoms with Crippen molar-refractivity contribution in [3.63, 3.8) is 0 Å². The molecule has 1 aliphatic heterocycles. The van der Waals surface area contributed by atoms with E-state index in [-0.39, 0.29) is 25.4 Å². The van der Waals surface area contributed by atoms with Crippen molar-refractivity contribution in [3.8, 4) is 6.07 Å². The number of carbonyl (C=O) groups excluding carboxylic acids is 1. The molecule has 1 heterocycles. The van der Waals surface area contributed by atoms with E-state index in [0.717, 1.165) is 0 Å². The summed E-state index contributed by atoms with van der Waals surface area (Å²) in [5.74, 6) is 0. The average Bonchev–Trinajstić information content (AvgIpc) is 2.44. The number of rotatable bonds is 1. The number of alkyl halides is 1. The Hall–Kier alpha value is -1.31. The number of likely N-dealkylation sites (tertiary alicyclic amines) is 1. The Morgan fingerprint density at radius 1 is 1.62 bits per heavy atom. The molecule has 0 N–H and O–H groups in total. The van der Waals surface area contributed by atoms with Gasteiger partial charge in [0.2, 0.25) is 0 Å². The van der Waals surface area contributed by atoms with Crippen LogP contribution in [-0.2, 0) is 4.74 Å². The Morgan fingerprint density at radius 3 is 2.75 bits per heavy atom. The molecule has 0 aromatic rings. The normalized spacial score (nSPS) is 25.3. The summed E-state index contributed by atoms with van der Waals surface area (Å²) in [7, 11) is 0. The van der Waals surface area contributed by atoms with Crippen molar-refractivity contribution < 1.29 is 13.9 Å². The second-order valence-corrected chi connectivity index (χ2v) is 4.98. The van der Waals surface area contributed by atoms with Crippen LogP contribution in [0.25, 0.3) is 0 Å². The van der Waals surface area contributed by atoms with Crippen LogP contribution >= 0.6 is 0 Å². The molecule has 0 aliphatic carbocycles. The first-order valence-corrected chi connectivity index (χ1v) is 5.34. The molecule has 16 heavy (non-hydrogen) atoms. The highest BCUT2D eigenvalue weighted by Gasteiger charge is 2.37. The van der Waals surface area contributed by atoms with E-state index < -0.39 is 17.9 Å². The highest BCUT2D eigenvalue weighted by atomic mass is 19.1. The van der Waals surface area contributed by atoms with Crippen LogP contribution in [0.3, 0.4) is 0 Å². The summed E-state index contributed by atoms with van der Waals surface area (Å²) in [6.07, 6.45) is -1.20. The quantitative estimate of drug-likeness (QED) is 0.691. The Bertz CT molecular complexity index is 306. The third-order valence-corrected chi connectivity index (χ3v) is 2.32. The lowest BCUT2D eigenvalue weighted by molar-refractivity contribution is 0.0221. The van der Waals surface area contributed by atoms with Gasteiger partial charge in [0.15, 0.2) is 0 Å². The standard InChI is InChI=1S/C11H17FN2O2/c1-11(2,3)16-10(15)14-7-8(12)6-9(14)4-5-13/h8-9H,4,6-7H2,1-3H3/t8-,9-/m0/s1. The molecule has 0 unspecified atom stereocenters. The molecule has 0 saturated carbocycles. The predicted molar refractivity (Wildman–Crippen MR) is 56.5 cm³/mol. The van der Waals surface area contributed by atoms with Gasteiger partial charge in [-0.3, -0.25) is 0 Å². The monoisotopic (exact) mass is 228 g/mol. The molecule has 1 rings (SSSR count). The van der Waals surface area contributed by atoms with E-state index in [1.165, 1.54) is 4.90 Å². The van der Waals surface area contributed by atoms with Crippen molar-refractivity contribution in [3.05, 3.63) is 0 Å². The van der Waals surface area contributed by atoms with Gasteiger partial charge in [0, 0.05) is 6.42 Å². The van der Waals surface area contributed by atoms with Gasteiger partial charge in [-0.25, -0.2) is 9.18 Å². The summed E-state index contributed by atoms with van der Waals surface area (Å²) < 4.78 is 18.3. The first kappa shape index (κ1) is 12.8. The molecule has 0 bridgehead atoms. The van der Waals surface area contributed by atoms with Crippen molar-refractivity contribution >= 4 is 6.09 Å². The van der Waals surface area contributed by atoms with E-state index in [4.69, 9.17) is 10.00 Å². The van der Waals surface area contributed by atoms with E-state index in [2.05, 4.69) is 0 Å². The summed E-state index contributed by atoms with van der Waals surface area (Å²) >= 11 is 0. The van der Waals surface area contributed by atoms with Crippen molar-refractivity contribution in [1.82, 2.24) is 4.90 Å². The highest BCUT2D eigenvalue weighted by molar-refractivity contribution is 5.69. The van der Waals surface area contributed by atoms with Gasteiger partial charge < -0.3 is 9.64 Å². The number of carbonyl (C=O) groups is 1. The number of nitrogens with zero attached hydrogens (tertiary/aromatic N) is 2. The lowest BCUT2D eigenvalue weighted by Crippen LogP contribution is -2.39. The summed E-state index contributed by atoms with van der Waals surface area (Å²) in [5, 5.41) is 8.59. The van der Waals surface area contributed by atoms with Gasteiger partial charge in [0.1, 0.15) is 11.8 Å². The fourth-order valence-electron chi connectivity index (χ4n) is 1.70. The minimum atomic E-state index is -1.05. The summed E-state index contributed by atoms with van der Waals surface area (Å²) in [6.45, 7) is 5.30. The molecule has 1 amide bonds. The molecule has 0 aromatic heterocycles. The first-order valence-electron chi connectivity index (χ1n) is 5.34. The molecule has 2 atom stereocenters. The van der Waals surface area contributed by atoms with E-state index in [1.807, 2.05) is 6.07 Å². The molecule has 0 aromatic carbocycles. The van der Waals surface area contributed by atoms with Crippen LogP contribution in [0.1, 0.15) is 33.6 Å². The molecule has 90 valence electrons. The second-order valence-electron chi connectivity index (χ2n) is 4.98. The van der Waals surface area contributed by atoms with Crippen molar-refractivity contribution in [1.29, 1.82) is 5.26 Å². The van der Waals surface area contributed by atoms with Gasteiger partial charge in [-0.2, -0.15) is 5.26 Å². The summed E-state index contributed by atoms with van der Waals surface area (Å²) in [4.78, 5) is 13.0. The zero-order valence-corrected chi connectivity index (χ0v) is 9.86. The number of hydrogen-bond acceptors (Lipinski definition) is 3. The van der Waals surface area contributed by atoms with Crippen molar-refractivity contribution in [2.75, 3.05) is 6.54 Å². The van der Waals surface area contributed by atoms with Crippen LogP contribution in [0.2, 0.25) is 0 Å². The van der Waals surface area contributed by atoms with Crippen LogP contribution in [0.15, 0.2) is 0 Å². The largest absolute Gasteiger partial charge is 0.444 e. The van der Waals surface area contributed by atoms with Crippen LogP contribution in [0, 0.1) is 11.3 Å². The lowest BCUT2D eigenvalue weighted by Gasteiger charge is -2.27. The minimum Gasteiger partial charge on any atom is -0.444 e. The van der Waals surface area contributed by atoms with Crippen LogP contribution in [0.5, 0.6) is 0 Å². The number of nitriles is 1. The fourth-order valence-corrected chi connectivity index (χ4v) is 1.70. The van der Waals surface area contributed by atoms with Crippen LogP contribution < -0.4 is 0 Å². The van der Waals surface area contributed by atoms with Crippen LogP contribution in [-0.4, -0.2) is 35.4 Å². The predicted octanol–water partition coefficient (Wildman–Crippen LogP) is 2.25. The average molecular weight is 228 g/mol. The maximum absolute atomic E-state index is 13.2. The Balaban J connectivity index is 2.64. The minimum absolute atomic E-state index is 0.0290. The third kappa shape index (κ3) is 3.37. The smallest absolute Gasteiger partial charge is 0.410 e. The van der Waals surface area contributed by atoms with Gasteiger partial charge in [-0.05, 0) is 20.8 Å². The van der Waals surface area contributed by atoms with E-state index in [1.54, 1.807) is 20.8 Å². The number of halogens is 1. The topological polar surface area (TPSA) is 53.3 Å². The second kappa shape index (κ2) is 4.69. The van der Waals surface area contributed by atoms with Gasteiger partial charge in [0.25, 0.3) is 0 Å². The van der Waals surface area contributed by atoms with Gasteiger partial charge in [-0.1, -0.05) is 0 Å². The molecule has 0 spiro atoms. The third-order valence-electron chi connectivity index (χ3n) is 2.32. The molecule has 5 heteroatoms. The number of amides is 1. The molecule has 1 aliphatic rings. The van der Waals surface area contributed by atoms with Gasteiger partial charge >= 0.3 is 6.09 Å².